The summed E-state index contributed by atoms with van der Waals surface area (Å²) in [6.07, 6.45) is 9.73. The largest absolute Gasteiger partial charge is 0.508 e. The average Bonchev–Trinajstić information content (AvgIpc) is 3.09. The fourth-order valence-electron chi connectivity index (χ4n) is 7.76. The first kappa shape index (κ1) is 41.2. The van der Waals surface area contributed by atoms with Crippen LogP contribution in [0.15, 0.2) is 42.0 Å². The van der Waals surface area contributed by atoms with Crippen LogP contribution < -0.4 is 0 Å². The number of benzene rings is 1. The van der Waals surface area contributed by atoms with E-state index in [0.717, 1.165) is 31.3 Å². The molecule has 1 aromatic carbocycles. The van der Waals surface area contributed by atoms with Crippen LogP contribution in [0.5, 0.6) is 5.75 Å². The molecule has 0 aromatic heterocycles. The van der Waals surface area contributed by atoms with Gasteiger partial charge < -0.3 is 44.1 Å². The van der Waals surface area contributed by atoms with Gasteiger partial charge in [0.15, 0.2) is 12.1 Å². The molecule has 3 heterocycles. The molecule has 3 aliphatic heterocycles. The Morgan fingerprint density at radius 1 is 1.14 bits per heavy atom. The molecule has 0 aliphatic carbocycles. The Kier molecular flexibility index (Phi) is 14.5. The van der Waals surface area contributed by atoms with Crippen molar-refractivity contribution in [2.45, 2.75) is 155 Å². The van der Waals surface area contributed by atoms with Gasteiger partial charge >= 0.3 is 5.97 Å². The van der Waals surface area contributed by atoms with Gasteiger partial charge in [-0.15, -0.1) is 0 Å². The summed E-state index contributed by atoms with van der Waals surface area (Å²) in [6, 6.07) is 2.97. The van der Waals surface area contributed by atoms with E-state index >= 15 is 0 Å². The second kappa shape index (κ2) is 18.0. The molecule has 4 rings (SSSR count). The first-order valence-corrected chi connectivity index (χ1v) is 18.7. The van der Waals surface area contributed by atoms with Crippen LogP contribution in [0.3, 0.4) is 0 Å². The monoisotopic (exact) mass is 714 g/mol. The summed E-state index contributed by atoms with van der Waals surface area (Å²) in [6.45, 7) is 15.8. The van der Waals surface area contributed by atoms with E-state index in [0.29, 0.717) is 41.9 Å². The molecule has 286 valence electrons. The van der Waals surface area contributed by atoms with E-state index in [1.165, 1.54) is 12.1 Å². The molecule has 0 amide bonds. The summed E-state index contributed by atoms with van der Waals surface area (Å²) in [5.41, 5.74) is 2.77. The number of allylic oxidation sites excluding steroid dienone is 3. The molecule has 12 atom stereocenters. The van der Waals surface area contributed by atoms with Crippen LogP contribution >= 0.6 is 0 Å². The first-order valence-electron chi connectivity index (χ1n) is 18.7. The van der Waals surface area contributed by atoms with Crippen LogP contribution in [-0.4, -0.2) is 88.3 Å². The molecule has 3 fully saturated rings. The fraction of sp³-hybridized carbons (Fsp3) is 0.683. The van der Waals surface area contributed by atoms with E-state index in [1.807, 2.05) is 39.0 Å². The van der Waals surface area contributed by atoms with Gasteiger partial charge in [0.05, 0.1) is 42.2 Å². The van der Waals surface area contributed by atoms with Gasteiger partial charge in [0.1, 0.15) is 11.9 Å². The normalized spacial score (nSPS) is 34.1. The lowest BCUT2D eigenvalue weighted by Gasteiger charge is -2.51. The highest BCUT2D eigenvalue weighted by atomic mass is 16.7. The molecule has 51 heavy (non-hydrogen) atoms. The van der Waals surface area contributed by atoms with Crippen molar-refractivity contribution in [1.29, 1.82) is 0 Å². The number of hydrogen-bond acceptors (Lipinski definition) is 9. The molecule has 0 radical (unpaired) electrons. The lowest BCUT2D eigenvalue weighted by atomic mass is 9.80. The van der Waals surface area contributed by atoms with Crippen LogP contribution in [0, 0.1) is 24.7 Å². The molecule has 10 nitrogen and oxygen atoms in total. The standard InChI is InChI=1S/C41H62O10/c1-10-23(2)39-28(7)34(43)22-41(51-39)18-12-15-30(50-41)17-16-26(5)38(49-36-21-35(47-9)37(44)29(8)48-36)25(4)14-11-13-24(3)31-20-33(42)27(6)19-32(31)40(45)46/h11,13-14,16,19-20,23,25,28-30,34-39,42-44H,10,12,15,17-18,21-22H2,1-9H3,(H,45,46)/b14-11+,24-13+,26-16+/t23-,25-,28-,29-,30-,34-,35-,36-,37-,38-,39+,41-/m0/s1. The molecule has 10 heteroatoms. The Hall–Kier alpha value is -2.57. The molecular weight excluding hydrogens is 652 g/mol. The summed E-state index contributed by atoms with van der Waals surface area (Å²) < 4.78 is 31.7. The third kappa shape index (κ3) is 10.1. The highest BCUT2D eigenvalue weighted by Crippen LogP contribution is 2.44. The summed E-state index contributed by atoms with van der Waals surface area (Å²) in [7, 11) is 1.58. The molecule has 4 N–H and O–H groups in total. The Bertz CT molecular complexity index is 1420. The highest BCUT2D eigenvalue weighted by molar-refractivity contribution is 5.94. The van der Waals surface area contributed by atoms with Crippen LogP contribution in [0.4, 0.5) is 0 Å². The SMILES string of the molecule is CC[C@H](C)[C@H]1O[C@@]2(CCC[C@@H](C/C=C(\C)[C@@H](O[C@H]3C[C@H](OC)[C@@H](O)[C@H](C)O3)[C@@H](C)/C=C/C=C(\C)c3cc(O)c(C)cc3C(=O)O)O2)C[C@H](O)[C@@H]1C. The summed E-state index contributed by atoms with van der Waals surface area (Å²) in [5.74, 6) is -1.56. The van der Waals surface area contributed by atoms with Gasteiger partial charge in [-0.1, -0.05) is 58.4 Å². The van der Waals surface area contributed by atoms with Gasteiger partial charge in [-0.05, 0) is 87.3 Å². The minimum absolute atomic E-state index is 0.0412. The molecule has 1 spiro atoms. The van der Waals surface area contributed by atoms with Crippen molar-refractivity contribution in [2.24, 2.45) is 17.8 Å². The highest BCUT2D eigenvalue weighted by Gasteiger charge is 2.49. The number of aromatic hydroxyl groups is 1. The number of hydrogen-bond donors (Lipinski definition) is 4. The molecule has 0 bridgehead atoms. The minimum Gasteiger partial charge on any atom is -0.508 e. The number of ether oxygens (including phenoxy) is 5. The fourth-order valence-corrected chi connectivity index (χ4v) is 7.76. The number of carboxylic acids is 1. The Morgan fingerprint density at radius 2 is 1.86 bits per heavy atom. The zero-order valence-corrected chi connectivity index (χ0v) is 32.0. The van der Waals surface area contributed by atoms with E-state index in [1.54, 1.807) is 14.0 Å². The number of aliphatic hydroxyl groups excluding tert-OH is 2. The first-order chi connectivity index (χ1) is 24.1. The number of phenols is 1. The van der Waals surface area contributed by atoms with Gasteiger partial charge in [-0.25, -0.2) is 4.79 Å². The zero-order valence-electron chi connectivity index (χ0n) is 32.0. The van der Waals surface area contributed by atoms with E-state index < -0.39 is 42.5 Å². The van der Waals surface area contributed by atoms with E-state index in [-0.39, 0.29) is 41.5 Å². The van der Waals surface area contributed by atoms with Gasteiger partial charge in [-0.3, -0.25) is 0 Å². The van der Waals surface area contributed by atoms with Crippen molar-refractivity contribution in [3.05, 3.63) is 58.7 Å². The predicted octanol–water partition coefficient (Wildman–Crippen LogP) is 7.32. The minimum atomic E-state index is -1.06. The van der Waals surface area contributed by atoms with Crippen molar-refractivity contribution < 1.29 is 48.9 Å². The second-order valence-corrected chi connectivity index (χ2v) is 15.2. The third-order valence-electron chi connectivity index (χ3n) is 11.3. The lowest BCUT2D eigenvalue weighted by molar-refractivity contribution is -0.343. The topological polar surface area (TPSA) is 144 Å². The number of aromatic carboxylic acids is 1. The molecular formula is C41H62O10. The quantitative estimate of drug-likeness (QED) is 0.121. The van der Waals surface area contributed by atoms with Crippen LogP contribution in [0.2, 0.25) is 0 Å². The summed E-state index contributed by atoms with van der Waals surface area (Å²) in [5, 5.41) is 41.7. The van der Waals surface area contributed by atoms with Gasteiger partial charge in [0, 0.05) is 38.2 Å². The van der Waals surface area contributed by atoms with Gasteiger partial charge in [0.2, 0.25) is 0 Å². The molecule has 3 aliphatic rings. The number of rotatable bonds is 13. The van der Waals surface area contributed by atoms with Crippen molar-refractivity contribution in [2.75, 3.05) is 7.11 Å². The number of carboxylic acid groups (broad SMARTS) is 1. The summed E-state index contributed by atoms with van der Waals surface area (Å²) in [4.78, 5) is 11.9. The van der Waals surface area contributed by atoms with E-state index in [2.05, 4.69) is 33.8 Å². The molecule has 0 unspecified atom stereocenters. The van der Waals surface area contributed by atoms with E-state index in [4.69, 9.17) is 23.7 Å². The summed E-state index contributed by atoms with van der Waals surface area (Å²) >= 11 is 0. The number of methoxy groups -OCH3 is 1. The Morgan fingerprint density at radius 3 is 2.53 bits per heavy atom. The Labute approximate surface area is 304 Å². The maximum Gasteiger partial charge on any atom is 0.336 e. The van der Waals surface area contributed by atoms with Gasteiger partial charge in [0.25, 0.3) is 0 Å². The van der Waals surface area contributed by atoms with Crippen molar-refractivity contribution >= 4 is 11.5 Å². The third-order valence-corrected chi connectivity index (χ3v) is 11.3. The number of phenolic OH excluding ortho intramolecular Hbond substituents is 1. The molecule has 0 saturated carbocycles. The maximum absolute atomic E-state index is 11.9. The lowest BCUT2D eigenvalue weighted by Crippen LogP contribution is -2.56. The van der Waals surface area contributed by atoms with Crippen LogP contribution in [0.1, 0.15) is 115 Å². The van der Waals surface area contributed by atoms with Crippen molar-refractivity contribution in [1.82, 2.24) is 0 Å². The zero-order chi connectivity index (χ0) is 37.6. The average molecular weight is 715 g/mol. The number of carbonyl (C=O) groups is 1. The van der Waals surface area contributed by atoms with Gasteiger partial charge in [-0.2, -0.15) is 0 Å². The van der Waals surface area contributed by atoms with E-state index in [9.17, 15) is 25.2 Å². The number of aryl methyl sites for hydroxylation is 1. The smallest absolute Gasteiger partial charge is 0.336 e. The Balaban J connectivity index is 1.55. The molecule has 1 aromatic rings. The molecule has 3 saturated heterocycles. The van der Waals surface area contributed by atoms with Crippen molar-refractivity contribution in [3.63, 3.8) is 0 Å². The van der Waals surface area contributed by atoms with Crippen LogP contribution in [-0.2, 0) is 23.7 Å². The maximum atomic E-state index is 11.9. The van der Waals surface area contributed by atoms with Crippen molar-refractivity contribution in [3.8, 4) is 5.75 Å². The second-order valence-electron chi connectivity index (χ2n) is 15.2. The van der Waals surface area contributed by atoms with Crippen LogP contribution in [0.25, 0.3) is 5.57 Å². The number of aliphatic hydroxyl groups is 2. The predicted molar refractivity (Wildman–Crippen MR) is 196 cm³/mol.